The van der Waals surface area contributed by atoms with Crippen LogP contribution in [0.2, 0.25) is 0 Å². The molecule has 4 heteroatoms. The van der Waals surface area contributed by atoms with Crippen LogP contribution in [0, 0.1) is 6.92 Å². The summed E-state index contributed by atoms with van der Waals surface area (Å²) in [5, 5.41) is 10.4. The lowest BCUT2D eigenvalue weighted by Crippen LogP contribution is -2.15. The molecule has 0 saturated carbocycles. The van der Waals surface area contributed by atoms with Crippen molar-refractivity contribution in [3.63, 3.8) is 0 Å². The molecular weight excluding hydrogens is 300 g/mol. The van der Waals surface area contributed by atoms with Gasteiger partial charge < -0.3 is 9.67 Å². The minimum Gasteiger partial charge on any atom is -0.478 e. The van der Waals surface area contributed by atoms with Gasteiger partial charge in [0.2, 0.25) is 0 Å². The Morgan fingerprint density at radius 2 is 1.79 bits per heavy atom. The van der Waals surface area contributed by atoms with Crippen LogP contribution >= 0.6 is 0 Å². The molecule has 0 bridgehead atoms. The molecule has 0 spiro atoms. The number of aryl methyl sites for hydroxylation is 1. The van der Waals surface area contributed by atoms with E-state index in [1.807, 2.05) is 24.6 Å². The fourth-order valence-electron chi connectivity index (χ4n) is 3.75. The van der Waals surface area contributed by atoms with Gasteiger partial charge in [-0.15, -0.1) is 0 Å². The van der Waals surface area contributed by atoms with Gasteiger partial charge in [-0.3, -0.25) is 4.90 Å². The van der Waals surface area contributed by atoms with Gasteiger partial charge in [-0.2, -0.15) is 0 Å². The SMILES string of the molecule is Cc1c(C(=O)O)c2cc3c(cc2n1C)CN(Cc1ccccc1)C3. The lowest BCUT2D eigenvalue weighted by Gasteiger charge is -2.14. The molecule has 2 aromatic carbocycles. The van der Waals surface area contributed by atoms with E-state index in [-0.39, 0.29) is 0 Å². The molecule has 0 fully saturated rings. The first kappa shape index (κ1) is 15.0. The monoisotopic (exact) mass is 320 g/mol. The van der Waals surface area contributed by atoms with Gasteiger partial charge in [-0.25, -0.2) is 4.79 Å². The number of hydrogen-bond donors (Lipinski definition) is 1. The van der Waals surface area contributed by atoms with Gasteiger partial charge in [0.25, 0.3) is 0 Å². The maximum atomic E-state index is 11.6. The summed E-state index contributed by atoms with van der Waals surface area (Å²) in [6.07, 6.45) is 0. The Kier molecular flexibility index (Phi) is 3.43. The van der Waals surface area contributed by atoms with E-state index in [4.69, 9.17) is 0 Å². The Balaban J connectivity index is 1.71. The predicted octanol–water partition coefficient (Wildman–Crippen LogP) is 3.70. The Labute approximate surface area is 140 Å². The largest absolute Gasteiger partial charge is 0.478 e. The summed E-state index contributed by atoms with van der Waals surface area (Å²) in [5.41, 5.74) is 6.09. The van der Waals surface area contributed by atoms with Crippen LogP contribution in [-0.4, -0.2) is 20.5 Å². The Bertz CT molecular complexity index is 941. The topological polar surface area (TPSA) is 45.5 Å². The number of fused-ring (bicyclic) bond motifs is 2. The normalized spacial score (nSPS) is 14.2. The first-order valence-corrected chi connectivity index (χ1v) is 8.15. The highest BCUT2D eigenvalue weighted by Gasteiger charge is 2.24. The van der Waals surface area contributed by atoms with Crippen LogP contribution in [0.25, 0.3) is 10.9 Å². The van der Waals surface area contributed by atoms with Crippen molar-refractivity contribution in [1.82, 2.24) is 9.47 Å². The number of nitrogens with zero attached hydrogens (tertiary/aromatic N) is 2. The molecule has 0 aliphatic carbocycles. The number of carbonyl (C=O) groups is 1. The van der Waals surface area contributed by atoms with Gasteiger partial charge >= 0.3 is 5.97 Å². The van der Waals surface area contributed by atoms with Crippen molar-refractivity contribution in [3.8, 4) is 0 Å². The maximum Gasteiger partial charge on any atom is 0.338 e. The molecule has 0 saturated heterocycles. The molecule has 2 heterocycles. The van der Waals surface area contributed by atoms with Crippen molar-refractivity contribution in [2.45, 2.75) is 26.6 Å². The van der Waals surface area contributed by atoms with E-state index < -0.39 is 5.97 Å². The minimum absolute atomic E-state index is 0.428. The van der Waals surface area contributed by atoms with Crippen molar-refractivity contribution < 1.29 is 9.90 Å². The summed E-state index contributed by atoms with van der Waals surface area (Å²) in [4.78, 5) is 14.0. The summed E-state index contributed by atoms with van der Waals surface area (Å²) in [5.74, 6) is -0.850. The quantitative estimate of drug-likeness (QED) is 0.800. The van der Waals surface area contributed by atoms with E-state index in [1.165, 1.54) is 16.7 Å². The molecule has 1 N–H and O–H groups in total. The van der Waals surface area contributed by atoms with Gasteiger partial charge in [-0.05, 0) is 35.7 Å². The number of hydrogen-bond acceptors (Lipinski definition) is 2. The first-order chi connectivity index (χ1) is 11.5. The number of carboxylic acid groups (broad SMARTS) is 1. The molecule has 122 valence electrons. The van der Waals surface area contributed by atoms with E-state index in [2.05, 4.69) is 41.3 Å². The van der Waals surface area contributed by atoms with Gasteiger partial charge in [0.1, 0.15) is 0 Å². The van der Waals surface area contributed by atoms with Crippen molar-refractivity contribution in [3.05, 3.63) is 70.4 Å². The number of aromatic carboxylic acids is 1. The predicted molar refractivity (Wildman–Crippen MR) is 94.0 cm³/mol. The van der Waals surface area contributed by atoms with E-state index in [9.17, 15) is 9.90 Å². The number of benzene rings is 2. The molecule has 0 unspecified atom stereocenters. The van der Waals surface area contributed by atoms with Gasteiger partial charge in [0.05, 0.1) is 5.56 Å². The summed E-state index contributed by atoms with van der Waals surface area (Å²) < 4.78 is 1.99. The Hall–Kier alpha value is -2.59. The average molecular weight is 320 g/mol. The summed E-state index contributed by atoms with van der Waals surface area (Å²) in [6, 6.07) is 14.7. The van der Waals surface area contributed by atoms with Crippen molar-refractivity contribution in [1.29, 1.82) is 0 Å². The second-order valence-corrected chi connectivity index (χ2v) is 6.59. The molecule has 0 atom stereocenters. The molecule has 0 amide bonds. The van der Waals surface area contributed by atoms with Gasteiger partial charge in [0.15, 0.2) is 0 Å². The van der Waals surface area contributed by atoms with Crippen LogP contribution < -0.4 is 0 Å². The van der Waals surface area contributed by atoms with Crippen LogP contribution in [0.3, 0.4) is 0 Å². The van der Waals surface area contributed by atoms with E-state index in [1.54, 1.807) is 0 Å². The smallest absolute Gasteiger partial charge is 0.338 e. The van der Waals surface area contributed by atoms with Gasteiger partial charge in [0, 0.05) is 43.3 Å². The summed E-state index contributed by atoms with van der Waals surface area (Å²) in [6.45, 7) is 4.56. The first-order valence-electron chi connectivity index (χ1n) is 8.15. The third-order valence-corrected chi connectivity index (χ3v) is 5.06. The molecule has 3 aromatic rings. The molecule has 1 aliphatic rings. The van der Waals surface area contributed by atoms with Crippen molar-refractivity contribution >= 4 is 16.9 Å². The minimum atomic E-state index is -0.850. The fourth-order valence-corrected chi connectivity index (χ4v) is 3.75. The van der Waals surface area contributed by atoms with Crippen molar-refractivity contribution in [2.24, 2.45) is 7.05 Å². The van der Waals surface area contributed by atoms with E-state index in [0.29, 0.717) is 5.56 Å². The third-order valence-electron chi connectivity index (χ3n) is 5.06. The highest BCUT2D eigenvalue weighted by molar-refractivity contribution is 6.05. The van der Waals surface area contributed by atoms with Crippen LogP contribution in [-0.2, 0) is 26.7 Å². The summed E-state index contributed by atoms with van der Waals surface area (Å²) in [7, 11) is 1.94. The zero-order valence-electron chi connectivity index (χ0n) is 13.9. The van der Waals surface area contributed by atoms with Crippen molar-refractivity contribution in [2.75, 3.05) is 0 Å². The molecular formula is C20H20N2O2. The zero-order chi connectivity index (χ0) is 16.8. The Morgan fingerprint density at radius 1 is 1.12 bits per heavy atom. The highest BCUT2D eigenvalue weighted by atomic mass is 16.4. The molecule has 1 aliphatic heterocycles. The molecule has 0 radical (unpaired) electrons. The molecule has 4 nitrogen and oxygen atoms in total. The lowest BCUT2D eigenvalue weighted by molar-refractivity contribution is 0.0698. The zero-order valence-corrected chi connectivity index (χ0v) is 13.9. The van der Waals surface area contributed by atoms with Crippen LogP contribution in [0.5, 0.6) is 0 Å². The van der Waals surface area contributed by atoms with Gasteiger partial charge in [-0.1, -0.05) is 30.3 Å². The number of aromatic nitrogens is 1. The summed E-state index contributed by atoms with van der Waals surface area (Å²) >= 11 is 0. The average Bonchev–Trinajstić information content (AvgIpc) is 3.05. The lowest BCUT2D eigenvalue weighted by atomic mass is 10.0. The Morgan fingerprint density at radius 3 is 2.46 bits per heavy atom. The molecule has 1 aromatic heterocycles. The van der Waals surface area contributed by atoms with E-state index >= 15 is 0 Å². The van der Waals surface area contributed by atoms with Crippen LogP contribution in [0.1, 0.15) is 32.7 Å². The second kappa shape index (κ2) is 5.49. The van der Waals surface area contributed by atoms with Crippen LogP contribution in [0.15, 0.2) is 42.5 Å². The van der Waals surface area contributed by atoms with Crippen LogP contribution in [0.4, 0.5) is 0 Å². The third kappa shape index (κ3) is 2.31. The molecule has 24 heavy (non-hydrogen) atoms. The second-order valence-electron chi connectivity index (χ2n) is 6.59. The fraction of sp³-hybridized carbons (Fsp3) is 0.250. The van der Waals surface area contributed by atoms with E-state index in [0.717, 1.165) is 36.2 Å². The number of rotatable bonds is 3. The highest BCUT2D eigenvalue weighted by Crippen LogP contribution is 2.32. The number of carboxylic acids is 1. The maximum absolute atomic E-state index is 11.6. The molecule has 4 rings (SSSR count). The standard InChI is InChI=1S/C20H20N2O2/c1-13-19(20(23)24)17-8-15-11-22(10-14-6-4-3-5-7-14)12-16(15)9-18(17)21(13)2/h3-9H,10-12H2,1-2H3,(H,23,24).